The van der Waals surface area contributed by atoms with Crippen LogP contribution in [0.4, 0.5) is 0 Å². The maximum absolute atomic E-state index is 11.4. The third-order valence-electron chi connectivity index (χ3n) is 1.46. The average Bonchev–Trinajstić information content (AvgIpc) is 2.32. The zero-order chi connectivity index (χ0) is 9.19. The van der Waals surface area contributed by atoms with E-state index in [0.717, 1.165) is 5.56 Å². The molecule has 66 valence electrons. The van der Waals surface area contributed by atoms with Gasteiger partial charge in [-0.1, -0.05) is 0 Å². The molecule has 2 nitrogen and oxygen atoms in total. The molecule has 0 radical (unpaired) electrons. The van der Waals surface area contributed by atoms with Gasteiger partial charge in [-0.2, -0.15) is 11.3 Å². The van der Waals surface area contributed by atoms with Crippen molar-refractivity contribution in [1.29, 1.82) is 0 Å². The highest BCUT2D eigenvalue weighted by molar-refractivity contribution is 7.08. The quantitative estimate of drug-likeness (QED) is 0.729. The minimum Gasteiger partial charge on any atom is -0.325 e. The van der Waals surface area contributed by atoms with Crippen molar-refractivity contribution in [2.45, 2.75) is 25.8 Å². The van der Waals surface area contributed by atoms with Crippen LogP contribution in [0.2, 0.25) is 0 Å². The Labute approximate surface area is 76.4 Å². The maximum Gasteiger partial charge on any atom is 0.165 e. The average molecular weight is 183 g/mol. The van der Waals surface area contributed by atoms with Gasteiger partial charge in [0.05, 0.1) is 0 Å². The summed E-state index contributed by atoms with van der Waals surface area (Å²) < 4.78 is 0. The third-order valence-corrected chi connectivity index (χ3v) is 2.14. The maximum atomic E-state index is 11.4. The molecule has 0 bridgehead atoms. The van der Waals surface area contributed by atoms with Crippen molar-refractivity contribution in [2.75, 3.05) is 0 Å². The van der Waals surface area contributed by atoms with Crippen molar-refractivity contribution < 1.29 is 4.79 Å². The van der Waals surface area contributed by atoms with Gasteiger partial charge in [-0.3, -0.25) is 4.79 Å². The van der Waals surface area contributed by atoms with Gasteiger partial charge in [0.2, 0.25) is 0 Å². The van der Waals surface area contributed by atoms with Gasteiger partial charge >= 0.3 is 0 Å². The monoisotopic (exact) mass is 183 g/mol. The number of thiophene rings is 1. The fourth-order valence-electron chi connectivity index (χ4n) is 0.939. The Morgan fingerprint density at radius 2 is 2.33 bits per heavy atom. The molecule has 1 aromatic heterocycles. The SMILES string of the molecule is CC(C)(N)CC(=O)c1ccsc1. The molecular formula is C9H13NOS. The molecule has 0 saturated carbocycles. The van der Waals surface area contributed by atoms with Crippen LogP contribution in [0.3, 0.4) is 0 Å². The third kappa shape index (κ3) is 2.75. The van der Waals surface area contributed by atoms with Gasteiger partial charge < -0.3 is 5.73 Å². The van der Waals surface area contributed by atoms with Gasteiger partial charge in [-0.25, -0.2) is 0 Å². The molecule has 0 saturated heterocycles. The summed E-state index contributed by atoms with van der Waals surface area (Å²) in [6.07, 6.45) is 0.406. The largest absolute Gasteiger partial charge is 0.325 e. The van der Waals surface area contributed by atoms with Crippen molar-refractivity contribution >= 4 is 17.1 Å². The second-order valence-corrected chi connectivity index (χ2v) is 4.38. The normalized spacial score (nSPS) is 11.6. The van der Waals surface area contributed by atoms with E-state index >= 15 is 0 Å². The number of carbonyl (C=O) groups is 1. The van der Waals surface area contributed by atoms with Gasteiger partial charge in [0.15, 0.2) is 5.78 Å². The molecule has 0 spiro atoms. The van der Waals surface area contributed by atoms with E-state index in [4.69, 9.17) is 5.73 Å². The minimum absolute atomic E-state index is 0.128. The molecule has 1 heterocycles. The molecule has 0 aliphatic rings. The van der Waals surface area contributed by atoms with Gasteiger partial charge in [0, 0.05) is 22.9 Å². The number of carbonyl (C=O) groups excluding carboxylic acids is 1. The molecule has 1 aromatic rings. The first-order valence-electron chi connectivity index (χ1n) is 3.83. The molecule has 12 heavy (non-hydrogen) atoms. The highest BCUT2D eigenvalue weighted by Gasteiger charge is 2.17. The minimum atomic E-state index is -0.404. The summed E-state index contributed by atoms with van der Waals surface area (Å²) >= 11 is 1.53. The van der Waals surface area contributed by atoms with Gasteiger partial charge in [0.25, 0.3) is 0 Å². The van der Waals surface area contributed by atoms with Crippen LogP contribution in [0.5, 0.6) is 0 Å². The van der Waals surface area contributed by atoms with Crippen molar-refractivity contribution in [2.24, 2.45) is 5.73 Å². The summed E-state index contributed by atoms with van der Waals surface area (Å²) in [6.45, 7) is 3.72. The van der Waals surface area contributed by atoms with Crippen molar-refractivity contribution in [3.8, 4) is 0 Å². The van der Waals surface area contributed by atoms with E-state index in [2.05, 4.69) is 0 Å². The van der Waals surface area contributed by atoms with E-state index in [-0.39, 0.29) is 5.78 Å². The molecular weight excluding hydrogens is 170 g/mol. The molecule has 0 unspecified atom stereocenters. The fraction of sp³-hybridized carbons (Fsp3) is 0.444. The Hall–Kier alpha value is -0.670. The summed E-state index contributed by atoms with van der Waals surface area (Å²) in [5, 5.41) is 3.75. The Bertz CT molecular complexity index is 259. The van der Waals surface area contributed by atoms with E-state index in [1.807, 2.05) is 30.7 Å². The summed E-state index contributed by atoms with van der Waals surface area (Å²) in [5.41, 5.74) is 6.10. The van der Waals surface area contributed by atoms with E-state index in [1.54, 1.807) is 0 Å². The lowest BCUT2D eigenvalue weighted by atomic mass is 9.97. The van der Waals surface area contributed by atoms with E-state index in [9.17, 15) is 4.79 Å². The number of nitrogens with two attached hydrogens (primary N) is 1. The second-order valence-electron chi connectivity index (χ2n) is 3.60. The smallest absolute Gasteiger partial charge is 0.165 e. The van der Waals surface area contributed by atoms with Crippen molar-refractivity contribution in [1.82, 2.24) is 0 Å². The van der Waals surface area contributed by atoms with Crippen LogP contribution >= 0.6 is 11.3 Å². The molecule has 0 fully saturated rings. The van der Waals surface area contributed by atoms with Crippen LogP contribution in [0.15, 0.2) is 16.8 Å². The van der Waals surface area contributed by atoms with E-state index in [1.165, 1.54) is 11.3 Å². The first-order chi connectivity index (χ1) is 5.49. The van der Waals surface area contributed by atoms with E-state index in [0.29, 0.717) is 6.42 Å². The Morgan fingerprint density at radius 3 is 2.75 bits per heavy atom. The van der Waals surface area contributed by atoms with Crippen LogP contribution < -0.4 is 5.73 Å². The lowest BCUT2D eigenvalue weighted by Crippen LogP contribution is -2.34. The summed E-state index contributed by atoms with van der Waals surface area (Å²) in [6, 6.07) is 1.83. The molecule has 2 N–H and O–H groups in total. The zero-order valence-corrected chi connectivity index (χ0v) is 8.15. The first-order valence-corrected chi connectivity index (χ1v) is 4.77. The predicted octanol–water partition coefficient (Wildman–Crippen LogP) is 2.06. The number of hydrogen-bond donors (Lipinski definition) is 1. The summed E-state index contributed by atoms with van der Waals surface area (Å²) in [5.74, 6) is 0.128. The zero-order valence-electron chi connectivity index (χ0n) is 7.33. The van der Waals surface area contributed by atoms with Crippen LogP contribution in [-0.2, 0) is 0 Å². The molecule has 1 rings (SSSR count). The second kappa shape index (κ2) is 3.37. The number of hydrogen-bond acceptors (Lipinski definition) is 3. The van der Waals surface area contributed by atoms with Gasteiger partial charge in [0.1, 0.15) is 0 Å². The number of rotatable bonds is 3. The Morgan fingerprint density at radius 1 is 1.67 bits per heavy atom. The molecule has 3 heteroatoms. The highest BCUT2D eigenvalue weighted by Crippen LogP contribution is 2.13. The predicted molar refractivity (Wildman–Crippen MR) is 51.5 cm³/mol. The molecule has 0 aliphatic heterocycles. The fourth-order valence-corrected chi connectivity index (χ4v) is 1.60. The van der Waals surface area contributed by atoms with Gasteiger partial charge in [-0.15, -0.1) is 0 Å². The highest BCUT2D eigenvalue weighted by atomic mass is 32.1. The summed E-state index contributed by atoms with van der Waals surface area (Å²) in [4.78, 5) is 11.4. The molecule has 0 atom stereocenters. The standard InChI is InChI=1S/C9H13NOS/c1-9(2,10)5-8(11)7-3-4-12-6-7/h3-4,6H,5,10H2,1-2H3. The van der Waals surface area contributed by atoms with Crippen LogP contribution in [-0.4, -0.2) is 11.3 Å². The van der Waals surface area contributed by atoms with Gasteiger partial charge in [-0.05, 0) is 25.3 Å². The lowest BCUT2D eigenvalue weighted by molar-refractivity contribution is 0.0961. The summed E-state index contributed by atoms with van der Waals surface area (Å²) in [7, 11) is 0. The Kier molecular flexibility index (Phi) is 2.65. The topological polar surface area (TPSA) is 43.1 Å². The first kappa shape index (κ1) is 9.42. The number of ketones is 1. The molecule has 0 aromatic carbocycles. The lowest BCUT2D eigenvalue weighted by Gasteiger charge is -2.16. The molecule has 0 amide bonds. The Balaban J connectivity index is 2.63. The van der Waals surface area contributed by atoms with Crippen LogP contribution in [0.25, 0.3) is 0 Å². The van der Waals surface area contributed by atoms with Crippen LogP contribution in [0.1, 0.15) is 30.6 Å². The van der Waals surface area contributed by atoms with Crippen LogP contribution in [0, 0.1) is 0 Å². The van der Waals surface area contributed by atoms with Crippen molar-refractivity contribution in [3.05, 3.63) is 22.4 Å². The number of Topliss-reactive ketones (excluding diaryl/α,β-unsaturated/α-hetero) is 1. The van der Waals surface area contributed by atoms with Crippen molar-refractivity contribution in [3.63, 3.8) is 0 Å². The van der Waals surface area contributed by atoms with E-state index < -0.39 is 5.54 Å². The molecule has 0 aliphatic carbocycles.